The van der Waals surface area contributed by atoms with Crippen molar-refractivity contribution in [3.8, 4) is 12.3 Å². The van der Waals surface area contributed by atoms with Gasteiger partial charge in [-0.15, -0.1) is 23.7 Å². The molecule has 4 rings (SSSR count). The average Bonchev–Trinajstić information content (AvgIpc) is 3.46. The molecule has 7 nitrogen and oxygen atoms in total. The molecular formula is C25H23N3O4S. The number of anilines is 1. The number of carbonyl (C=O) groups is 2. The maximum Gasteiger partial charge on any atom is 0.410 e. The highest BCUT2D eigenvalue weighted by Gasteiger charge is 2.27. The second-order valence-electron chi connectivity index (χ2n) is 7.39. The molecule has 0 unspecified atom stereocenters. The number of nitrogens with one attached hydrogen (secondary N) is 1. The summed E-state index contributed by atoms with van der Waals surface area (Å²) in [4.78, 5) is 31.9. The Morgan fingerprint density at radius 3 is 3.00 bits per heavy atom. The third-order valence-corrected chi connectivity index (χ3v) is 6.37. The number of amides is 2. The van der Waals surface area contributed by atoms with Gasteiger partial charge in [0.15, 0.2) is 0 Å². The number of hydrogen-bond donors (Lipinski definition) is 1. The molecule has 168 valence electrons. The summed E-state index contributed by atoms with van der Waals surface area (Å²) in [5, 5.41) is 3.65. The molecule has 1 aliphatic rings. The third-order valence-electron chi connectivity index (χ3n) is 5.19. The van der Waals surface area contributed by atoms with Crippen LogP contribution in [-0.2, 0) is 35.3 Å². The predicted molar refractivity (Wildman–Crippen MR) is 127 cm³/mol. The standard InChI is InChI=1S/C25H23N3O4S/c1-2-6-21-20-11-14-28(25(30)32-16-12-18-7-3-4-13-26-18)17-22(20)33-24(21)27-23(29)10-9-19-8-5-15-31-19/h1,3-5,7-10,13,15H,6,11-12,14,16-17H2,(H,27,29)/b10-9+. The first-order valence-electron chi connectivity index (χ1n) is 10.5. The Morgan fingerprint density at radius 2 is 2.24 bits per heavy atom. The number of thiophene rings is 1. The van der Waals surface area contributed by atoms with Gasteiger partial charge in [0.1, 0.15) is 5.76 Å². The SMILES string of the molecule is C#CCc1c(NC(=O)/C=C/c2ccco2)sc2c1CCN(C(=O)OCCc1ccccn1)C2. The minimum atomic E-state index is -0.351. The van der Waals surface area contributed by atoms with Crippen LogP contribution in [0.25, 0.3) is 6.08 Å². The summed E-state index contributed by atoms with van der Waals surface area (Å²) < 4.78 is 10.7. The van der Waals surface area contributed by atoms with Crippen LogP contribution < -0.4 is 5.32 Å². The van der Waals surface area contributed by atoms with Crippen molar-refractivity contribution in [1.29, 1.82) is 0 Å². The molecule has 4 heterocycles. The van der Waals surface area contributed by atoms with Gasteiger partial charge in [0.2, 0.25) is 5.91 Å². The highest BCUT2D eigenvalue weighted by molar-refractivity contribution is 7.16. The van der Waals surface area contributed by atoms with Crippen molar-refractivity contribution in [2.75, 3.05) is 18.5 Å². The van der Waals surface area contributed by atoms with E-state index in [-0.39, 0.29) is 18.6 Å². The van der Waals surface area contributed by atoms with E-state index in [0.29, 0.717) is 38.1 Å². The summed E-state index contributed by atoms with van der Waals surface area (Å²) in [6.45, 7) is 1.24. The fraction of sp³-hybridized carbons (Fsp3) is 0.240. The largest absolute Gasteiger partial charge is 0.465 e. The van der Waals surface area contributed by atoms with Crippen molar-refractivity contribution in [2.45, 2.75) is 25.8 Å². The van der Waals surface area contributed by atoms with Gasteiger partial charge < -0.3 is 19.4 Å². The van der Waals surface area contributed by atoms with Crippen LogP contribution in [0.1, 0.15) is 27.5 Å². The molecule has 0 saturated carbocycles. The van der Waals surface area contributed by atoms with Crippen LogP contribution in [0.4, 0.5) is 9.80 Å². The number of fused-ring (bicyclic) bond motifs is 1. The molecule has 1 N–H and O–H groups in total. The van der Waals surface area contributed by atoms with Gasteiger partial charge >= 0.3 is 6.09 Å². The van der Waals surface area contributed by atoms with Gasteiger partial charge in [0, 0.05) is 47.8 Å². The molecular weight excluding hydrogens is 438 g/mol. The predicted octanol–water partition coefficient (Wildman–Crippen LogP) is 4.30. The number of rotatable bonds is 7. The summed E-state index contributed by atoms with van der Waals surface area (Å²) in [7, 11) is 0. The highest BCUT2D eigenvalue weighted by atomic mass is 32.1. The van der Waals surface area contributed by atoms with E-state index in [1.807, 2.05) is 18.2 Å². The van der Waals surface area contributed by atoms with E-state index < -0.39 is 0 Å². The Balaban J connectivity index is 1.39. The van der Waals surface area contributed by atoms with Crippen LogP contribution >= 0.6 is 11.3 Å². The second kappa shape index (κ2) is 10.7. The summed E-state index contributed by atoms with van der Waals surface area (Å²) in [5.74, 6) is 3.00. The van der Waals surface area contributed by atoms with Crippen LogP contribution in [0.2, 0.25) is 0 Å². The first-order chi connectivity index (χ1) is 16.1. The first kappa shape index (κ1) is 22.4. The number of nitrogens with zero attached hydrogens (tertiary/aromatic N) is 2. The van der Waals surface area contributed by atoms with Crippen LogP contribution in [0, 0.1) is 12.3 Å². The van der Waals surface area contributed by atoms with Crippen molar-refractivity contribution in [3.05, 3.63) is 76.3 Å². The van der Waals surface area contributed by atoms with Gasteiger partial charge in [0.25, 0.3) is 0 Å². The van der Waals surface area contributed by atoms with Gasteiger partial charge in [-0.1, -0.05) is 6.07 Å². The number of ether oxygens (including phenoxy) is 1. The Morgan fingerprint density at radius 1 is 1.33 bits per heavy atom. The van der Waals surface area contributed by atoms with Crippen molar-refractivity contribution < 1.29 is 18.7 Å². The summed E-state index contributed by atoms with van der Waals surface area (Å²) >= 11 is 1.45. The summed E-state index contributed by atoms with van der Waals surface area (Å²) in [6, 6.07) is 9.18. The molecule has 33 heavy (non-hydrogen) atoms. The second-order valence-corrected chi connectivity index (χ2v) is 8.49. The minimum absolute atomic E-state index is 0.269. The molecule has 0 aliphatic carbocycles. The van der Waals surface area contributed by atoms with Crippen molar-refractivity contribution in [1.82, 2.24) is 9.88 Å². The van der Waals surface area contributed by atoms with Crippen molar-refractivity contribution in [2.24, 2.45) is 0 Å². The zero-order valence-corrected chi connectivity index (χ0v) is 18.8. The normalized spacial score (nSPS) is 12.9. The molecule has 8 heteroatoms. The van der Waals surface area contributed by atoms with Crippen LogP contribution in [0.3, 0.4) is 0 Å². The highest BCUT2D eigenvalue weighted by Crippen LogP contribution is 2.37. The summed E-state index contributed by atoms with van der Waals surface area (Å²) in [5.41, 5.74) is 2.94. The molecule has 3 aromatic heterocycles. The van der Waals surface area contributed by atoms with E-state index in [0.717, 1.165) is 26.7 Å². The smallest absolute Gasteiger partial charge is 0.410 e. The molecule has 1 aliphatic heterocycles. The van der Waals surface area contributed by atoms with Crippen LogP contribution in [-0.4, -0.2) is 35.0 Å². The Kier molecular flexibility index (Phi) is 7.22. The maximum absolute atomic E-state index is 12.6. The van der Waals surface area contributed by atoms with Crippen LogP contribution in [0.5, 0.6) is 0 Å². The molecule has 0 atom stereocenters. The zero-order valence-electron chi connectivity index (χ0n) is 18.0. The fourth-order valence-corrected chi connectivity index (χ4v) is 4.88. The Labute approximate surface area is 196 Å². The molecule has 0 aromatic carbocycles. The Bertz CT molecular complexity index is 1180. The number of carbonyl (C=O) groups excluding carboxylic acids is 2. The molecule has 0 radical (unpaired) electrons. The van der Waals surface area contributed by atoms with E-state index in [9.17, 15) is 9.59 Å². The van der Waals surface area contributed by atoms with E-state index in [2.05, 4.69) is 16.2 Å². The van der Waals surface area contributed by atoms with Gasteiger partial charge in [-0.3, -0.25) is 9.78 Å². The molecule has 2 amide bonds. The molecule has 0 saturated heterocycles. The average molecular weight is 462 g/mol. The van der Waals surface area contributed by atoms with Crippen molar-refractivity contribution in [3.63, 3.8) is 0 Å². The quantitative estimate of drug-likeness (QED) is 0.419. The first-order valence-corrected chi connectivity index (χ1v) is 11.4. The molecule has 0 bridgehead atoms. The molecule has 0 fully saturated rings. The monoisotopic (exact) mass is 461 g/mol. The number of hydrogen-bond acceptors (Lipinski definition) is 6. The topological polar surface area (TPSA) is 84.7 Å². The minimum Gasteiger partial charge on any atom is -0.465 e. The number of pyridine rings is 1. The lowest BCUT2D eigenvalue weighted by Crippen LogP contribution is -2.36. The number of aromatic nitrogens is 1. The number of terminal acetylenes is 1. The Hall–Kier alpha value is -3.83. The zero-order chi connectivity index (χ0) is 23.0. The lowest BCUT2D eigenvalue weighted by molar-refractivity contribution is -0.111. The van der Waals surface area contributed by atoms with Crippen molar-refractivity contribution >= 4 is 34.4 Å². The van der Waals surface area contributed by atoms with Gasteiger partial charge in [-0.05, 0) is 42.3 Å². The van der Waals surface area contributed by atoms with E-state index >= 15 is 0 Å². The summed E-state index contributed by atoms with van der Waals surface area (Å²) in [6.07, 6.45) is 13.2. The van der Waals surface area contributed by atoms with Gasteiger partial charge in [-0.2, -0.15) is 0 Å². The maximum atomic E-state index is 12.6. The van der Waals surface area contributed by atoms with E-state index in [1.54, 1.807) is 35.6 Å². The fourth-order valence-electron chi connectivity index (χ4n) is 3.59. The van der Waals surface area contributed by atoms with Crippen LogP contribution in [0.15, 0.2) is 53.3 Å². The molecule has 3 aromatic rings. The van der Waals surface area contributed by atoms with E-state index in [1.165, 1.54) is 17.4 Å². The van der Waals surface area contributed by atoms with Gasteiger partial charge in [0.05, 0.1) is 24.4 Å². The lowest BCUT2D eigenvalue weighted by atomic mass is 10.0. The lowest BCUT2D eigenvalue weighted by Gasteiger charge is -2.26. The third kappa shape index (κ3) is 5.70. The van der Waals surface area contributed by atoms with Gasteiger partial charge in [-0.25, -0.2) is 4.79 Å². The molecule has 0 spiro atoms. The van der Waals surface area contributed by atoms with E-state index in [4.69, 9.17) is 15.6 Å². The number of furan rings is 1.